The van der Waals surface area contributed by atoms with E-state index in [1.54, 1.807) is 38.5 Å². The van der Waals surface area contributed by atoms with Crippen LogP contribution in [0.5, 0.6) is 0 Å². The van der Waals surface area contributed by atoms with Crippen LogP contribution in [0.2, 0.25) is 0 Å². The highest BCUT2D eigenvalue weighted by molar-refractivity contribution is 5.12. The van der Waals surface area contributed by atoms with Crippen LogP contribution in [0.3, 0.4) is 0 Å². The fourth-order valence-corrected chi connectivity index (χ4v) is 14.2. The third-order valence-corrected chi connectivity index (χ3v) is 15.3. The van der Waals surface area contributed by atoms with E-state index in [4.69, 9.17) is 0 Å². The molecule has 3 aliphatic heterocycles. The topological polar surface area (TPSA) is 18.5 Å². The highest BCUT2D eigenvalue weighted by Gasteiger charge is 2.57. The number of fused-ring (bicyclic) bond motifs is 9. The van der Waals surface area contributed by atoms with Crippen molar-refractivity contribution in [3.05, 3.63) is 0 Å². The molecule has 0 radical (unpaired) electrons. The first-order chi connectivity index (χ1) is 19.3. The SMILES string of the molecule is C1CCC2C(C1)C1CCCCC1N2C1CCC2NC3CCC(N4C5CCCCC5C5CCCCC54)CC3C2C1. The number of hydrogen-bond donors (Lipinski definition) is 1. The molecule has 0 amide bonds. The van der Waals surface area contributed by atoms with Crippen LogP contribution in [0.15, 0.2) is 0 Å². The van der Waals surface area contributed by atoms with Crippen molar-refractivity contribution in [3.8, 4) is 0 Å². The molecule has 14 atom stereocenters. The molecule has 9 fully saturated rings. The summed E-state index contributed by atoms with van der Waals surface area (Å²) in [5.74, 6) is 6.23. The maximum Gasteiger partial charge on any atom is 0.0133 e. The van der Waals surface area contributed by atoms with E-state index in [-0.39, 0.29) is 0 Å². The van der Waals surface area contributed by atoms with E-state index in [2.05, 4.69) is 15.1 Å². The van der Waals surface area contributed by atoms with Crippen molar-refractivity contribution in [1.82, 2.24) is 15.1 Å². The van der Waals surface area contributed by atoms with Crippen molar-refractivity contribution >= 4 is 0 Å². The van der Waals surface area contributed by atoms with Crippen molar-refractivity contribution in [2.75, 3.05) is 0 Å². The van der Waals surface area contributed by atoms with Crippen LogP contribution in [0.25, 0.3) is 0 Å². The van der Waals surface area contributed by atoms with E-state index >= 15 is 0 Å². The van der Waals surface area contributed by atoms with Gasteiger partial charge in [-0.1, -0.05) is 51.4 Å². The lowest BCUT2D eigenvalue weighted by Crippen LogP contribution is -2.52. The van der Waals surface area contributed by atoms with Crippen LogP contribution >= 0.6 is 0 Å². The van der Waals surface area contributed by atoms with Crippen molar-refractivity contribution in [1.29, 1.82) is 0 Å². The molecule has 14 unspecified atom stereocenters. The normalized spacial score (nSPS) is 55.7. The average molecular weight is 534 g/mol. The standard InChI is InChI=1S/C36H59N3/c1-5-13-33-25(9-1)26-10-2-6-14-34(26)38(33)23-17-19-31-29(21-23)30-22-24(18-20-32(30)37-31)39-35-15-7-3-11-27(35)28-12-4-8-16-36(28)39/h23-37H,1-22H2. The van der Waals surface area contributed by atoms with E-state index in [0.29, 0.717) is 0 Å². The fraction of sp³-hybridized carbons (Fsp3) is 1.00. The molecule has 3 heterocycles. The van der Waals surface area contributed by atoms with Gasteiger partial charge >= 0.3 is 0 Å². The molecule has 3 nitrogen and oxygen atoms in total. The highest BCUT2D eigenvalue weighted by atomic mass is 15.3. The molecule has 3 heteroatoms. The van der Waals surface area contributed by atoms with Crippen molar-refractivity contribution in [3.63, 3.8) is 0 Å². The smallest absolute Gasteiger partial charge is 0.0133 e. The molecule has 9 aliphatic rings. The van der Waals surface area contributed by atoms with Gasteiger partial charge in [-0.25, -0.2) is 0 Å². The molecule has 0 aromatic rings. The lowest BCUT2D eigenvalue weighted by molar-refractivity contribution is 0.0222. The van der Waals surface area contributed by atoms with Gasteiger partial charge in [0.25, 0.3) is 0 Å². The van der Waals surface area contributed by atoms with Crippen molar-refractivity contribution in [2.45, 2.75) is 190 Å². The lowest BCUT2D eigenvalue weighted by Gasteiger charge is -2.47. The predicted molar refractivity (Wildman–Crippen MR) is 160 cm³/mol. The Hall–Kier alpha value is -0.120. The van der Waals surface area contributed by atoms with Gasteiger partial charge in [-0.05, 0) is 125 Å². The minimum atomic E-state index is 0.852. The number of likely N-dealkylation sites (tertiary alicyclic amines) is 2. The Morgan fingerprint density at radius 1 is 0.333 bits per heavy atom. The number of nitrogens with one attached hydrogen (secondary N) is 1. The van der Waals surface area contributed by atoms with Crippen LogP contribution in [0.1, 0.15) is 141 Å². The largest absolute Gasteiger partial charge is 0.311 e. The Bertz CT molecular complexity index is 775. The van der Waals surface area contributed by atoms with Gasteiger partial charge < -0.3 is 5.32 Å². The highest BCUT2D eigenvalue weighted by Crippen LogP contribution is 2.55. The van der Waals surface area contributed by atoms with Gasteiger partial charge in [0.05, 0.1) is 0 Å². The minimum absolute atomic E-state index is 0.852. The Morgan fingerprint density at radius 2 is 0.667 bits per heavy atom. The van der Waals surface area contributed by atoms with Gasteiger partial charge in [0.1, 0.15) is 0 Å². The fourth-order valence-electron chi connectivity index (χ4n) is 14.2. The Balaban J connectivity index is 0.947. The zero-order chi connectivity index (χ0) is 25.5. The molecule has 6 saturated carbocycles. The Kier molecular flexibility index (Phi) is 6.67. The molecule has 3 saturated heterocycles. The number of rotatable bonds is 2. The summed E-state index contributed by atoms with van der Waals surface area (Å²) < 4.78 is 0. The van der Waals surface area contributed by atoms with E-state index in [1.165, 1.54) is 103 Å². The third-order valence-electron chi connectivity index (χ3n) is 15.3. The van der Waals surface area contributed by atoms with Crippen LogP contribution in [0.4, 0.5) is 0 Å². The molecule has 1 N–H and O–H groups in total. The molecule has 9 rings (SSSR count). The predicted octanol–water partition coefficient (Wildman–Crippen LogP) is 7.53. The van der Waals surface area contributed by atoms with Crippen LogP contribution in [-0.2, 0) is 0 Å². The Labute approximate surface area is 240 Å². The second kappa shape index (κ2) is 10.3. The summed E-state index contributed by atoms with van der Waals surface area (Å²) in [7, 11) is 0. The summed E-state index contributed by atoms with van der Waals surface area (Å²) in [5, 5.41) is 4.31. The molecular weight excluding hydrogens is 474 g/mol. The monoisotopic (exact) mass is 533 g/mol. The molecule has 0 aromatic heterocycles. The number of hydrogen-bond acceptors (Lipinski definition) is 3. The summed E-state index contributed by atoms with van der Waals surface area (Å²) in [5.41, 5.74) is 0. The summed E-state index contributed by atoms with van der Waals surface area (Å²) in [6.07, 6.45) is 33.7. The van der Waals surface area contributed by atoms with E-state index < -0.39 is 0 Å². The zero-order valence-corrected chi connectivity index (χ0v) is 25.0. The van der Waals surface area contributed by atoms with E-state index in [9.17, 15) is 0 Å². The first-order valence-electron chi connectivity index (χ1n) is 18.7. The van der Waals surface area contributed by atoms with Crippen LogP contribution in [-0.4, -0.2) is 58.1 Å². The maximum absolute atomic E-state index is 4.31. The summed E-state index contributed by atoms with van der Waals surface area (Å²) in [6, 6.07) is 7.41. The summed E-state index contributed by atoms with van der Waals surface area (Å²) in [6.45, 7) is 0. The van der Waals surface area contributed by atoms with Gasteiger partial charge in [-0.3, -0.25) is 9.80 Å². The zero-order valence-electron chi connectivity index (χ0n) is 25.0. The van der Waals surface area contributed by atoms with E-state index in [0.717, 1.165) is 83.8 Å². The van der Waals surface area contributed by atoms with Gasteiger partial charge in [-0.2, -0.15) is 0 Å². The molecule has 6 aliphatic carbocycles. The van der Waals surface area contributed by atoms with Gasteiger partial charge in [0, 0.05) is 48.3 Å². The van der Waals surface area contributed by atoms with Crippen LogP contribution < -0.4 is 5.32 Å². The minimum Gasteiger partial charge on any atom is -0.311 e. The molecular formula is C36H59N3. The van der Waals surface area contributed by atoms with Gasteiger partial charge in [-0.15, -0.1) is 0 Å². The van der Waals surface area contributed by atoms with E-state index in [1.807, 2.05) is 0 Å². The lowest BCUT2D eigenvalue weighted by atomic mass is 9.70. The summed E-state index contributed by atoms with van der Waals surface area (Å²) in [4.78, 5) is 6.55. The number of nitrogens with zero attached hydrogens (tertiary/aromatic N) is 2. The molecule has 218 valence electrons. The molecule has 0 bridgehead atoms. The first kappa shape index (κ1) is 25.4. The van der Waals surface area contributed by atoms with Gasteiger partial charge in [0.2, 0.25) is 0 Å². The molecule has 0 aromatic carbocycles. The summed E-state index contributed by atoms with van der Waals surface area (Å²) >= 11 is 0. The second-order valence-corrected chi connectivity index (χ2v) is 16.6. The quantitative estimate of drug-likeness (QED) is 0.396. The van der Waals surface area contributed by atoms with Crippen LogP contribution in [0, 0.1) is 35.5 Å². The Morgan fingerprint density at radius 3 is 1.03 bits per heavy atom. The maximum atomic E-state index is 4.31. The molecule has 39 heavy (non-hydrogen) atoms. The van der Waals surface area contributed by atoms with Crippen molar-refractivity contribution < 1.29 is 0 Å². The molecule has 0 spiro atoms. The van der Waals surface area contributed by atoms with Crippen molar-refractivity contribution in [2.24, 2.45) is 35.5 Å². The van der Waals surface area contributed by atoms with Gasteiger partial charge in [0.15, 0.2) is 0 Å². The third kappa shape index (κ3) is 4.04. The second-order valence-electron chi connectivity index (χ2n) is 16.6. The average Bonchev–Trinajstić information content (AvgIpc) is 3.64. The first-order valence-corrected chi connectivity index (χ1v) is 18.7.